The Morgan fingerprint density at radius 1 is 1.26 bits per heavy atom. The van der Waals surface area contributed by atoms with Crippen molar-refractivity contribution in [3.8, 4) is 0 Å². The molecule has 114 valence electrons. The van der Waals surface area contributed by atoms with Gasteiger partial charge in [-0.05, 0) is 30.7 Å². The molecule has 0 aliphatic heterocycles. The number of anilines is 1. The molecular formula is C18H16N4O. The minimum atomic E-state index is -0.0523. The van der Waals surface area contributed by atoms with E-state index in [0.29, 0.717) is 6.42 Å². The number of rotatable bonds is 3. The van der Waals surface area contributed by atoms with Crippen LogP contribution in [0.3, 0.4) is 0 Å². The number of benzene rings is 1. The topological polar surface area (TPSA) is 62.2 Å². The van der Waals surface area contributed by atoms with Gasteiger partial charge >= 0.3 is 0 Å². The van der Waals surface area contributed by atoms with Crippen molar-refractivity contribution in [3.63, 3.8) is 0 Å². The third-order valence-corrected chi connectivity index (χ3v) is 3.90. The third-order valence-electron chi connectivity index (χ3n) is 3.90. The fourth-order valence-corrected chi connectivity index (χ4v) is 2.88. The van der Waals surface area contributed by atoms with Crippen molar-refractivity contribution in [2.24, 2.45) is 0 Å². The largest absolute Gasteiger partial charge is 0.361 e. The summed E-state index contributed by atoms with van der Waals surface area (Å²) < 4.78 is 1.91. The lowest BCUT2D eigenvalue weighted by Gasteiger charge is -2.06. The highest BCUT2D eigenvalue weighted by atomic mass is 16.1. The summed E-state index contributed by atoms with van der Waals surface area (Å²) in [5, 5.41) is 4.05. The number of H-pyrrole nitrogens is 1. The maximum Gasteiger partial charge on any atom is 0.228 e. The molecule has 0 fully saturated rings. The van der Waals surface area contributed by atoms with E-state index in [1.807, 2.05) is 66.3 Å². The van der Waals surface area contributed by atoms with Gasteiger partial charge in [-0.1, -0.05) is 18.2 Å². The first-order valence-electron chi connectivity index (χ1n) is 7.50. The van der Waals surface area contributed by atoms with Crippen LogP contribution in [0, 0.1) is 6.92 Å². The second-order valence-electron chi connectivity index (χ2n) is 5.62. The van der Waals surface area contributed by atoms with Crippen molar-refractivity contribution < 1.29 is 4.79 Å². The summed E-state index contributed by atoms with van der Waals surface area (Å²) in [5.74, 6) is -0.0523. The molecule has 5 nitrogen and oxygen atoms in total. The van der Waals surface area contributed by atoms with E-state index in [1.165, 1.54) is 0 Å². The Morgan fingerprint density at radius 2 is 2.13 bits per heavy atom. The summed E-state index contributed by atoms with van der Waals surface area (Å²) in [6.45, 7) is 1.94. The minimum absolute atomic E-state index is 0.0523. The molecule has 23 heavy (non-hydrogen) atoms. The van der Waals surface area contributed by atoms with Crippen molar-refractivity contribution in [3.05, 3.63) is 66.2 Å². The highest BCUT2D eigenvalue weighted by Gasteiger charge is 2.11. The Kier molecular flexibility index (Phi) is 3.12. The van der Waals surface area contributed by atoms with E-state index in [2.05, 4.69) is 15.3 Å². The molecule has 3 aromatic heterocycles. The standard InChI is InChI=1S/C18H16N4O/c1-12-11-22-8-4-7-16(18(22)20-12)21-17(23)9-13-10-19-15-6-3-2-5-14(13)15/h2-8,10-11,19H,9H2,1H3,(H,21,23). The Balaban J connectivity index is 1.60. The molecule has 1 aromatic carbocycles. The van der Waals surface area contributed by atoms with Crippen LogP contribution in [-0.2, 0) is 11.2 Å². The number of hydrogen-bond donors (Lipinski definition) is 2. The lowest BCUT2D eigenvalue weighted by molar-refractivity contribution is -0.115. The molecule has 0 aliphatic rings. The van der Waals surface area contributed by atoms with Crippen LogP contribution in [0.15, 0.2) is 55.0 Å². The summed E-state index contributed by atoms with van der Waals surface area (Å²) >= 11 is 0. The smallest absolute Gasteiger partial charge is 0.228 e. The zero-order valence-corrected chi connectivity index (χ0v) is 12.7. The van der Waals surface area contributed by atoms with Crippen LogP contribution in [0.5, 0.6) is 0 Å². The van der Waals surface area contributed by atoms with Crippen molar-refractivity contribution in [2.45, 2.75) is 13.3 Å². The molecular weight excluding hydrogens is 288 g/mol. The van der Waals surface area contributed by atoms with E-state index >= 15 is 0 Å². The fraction of sp³-hybridized carbons (Fsp3) is 0.111. The Morgan fingerprint density at radius 3 is 3.04 bits per heavy atom. The number of imidazole rings is 1. The molecule has 0 atom stereocenters. The monoisotopic (exact) mass is 304 g/mol. The first-order valence-corrected chi connectivity index (χ1v) is 7.50. The second-order valence-corrected chi connectivity index (χ2v) is 5.62. The summed E-state index contributed by atoms with van der Waals surface area (Å²) in [7, 11) is 0. The number of pyridine rings is 1. The van der Waals surface area contributed by atoms with Gasteiger partial charge in [0.05, 0.1) is 17.8 Å². The van der Waals surface area contributed by atoms with E-state index in [4.69, 9.17) is 0 Å². The number of aromatic nitrogens is 3. The van der Waals surface area contributed by atoms with E-state index in [9.17, 15) is 4.79 Å². The summed E-state index contributed by atoms with van der Waals surface area (Å²) in [6, 6.07) is 11.7. The highest BCUT2D eigenvalue weighted by molar-refractivity contribution is 5.98. The lowest BCUT2D eigenvalue weighted by Crippen LogP contribution is -2.15. The first-order chi connectivity index (χ1) is 11.2. The van der Waals surface area contributed by atoms with Gasteiger partial charge in [0.15, 0.2) is 5.65 Å². The third kappa shape index (κ3) is 2.46. The van der Waals surface area contributed by atoms with E-state index in [1.54, 1.807) is 0 Å². The molecule has 0 saturated heterocycles. The van der Waals surface area contributed by atoms with Crippen molar-refractivity contribution >= 4 is 28.1 Å². The van der Waals surface area contributed by atoms with Crippen LogP contribution in [0.25, 0.3) is 16.6 Å². The molecule has 3 heterocycles. The zero-order chi connectivity index (χ0) is 15.8. The van der Waals surface area contributed by atoms with E-state index in [-0.39, 0.29) is 5.91 Å². The molecule has 0 saturated carbocycles. The average Bonchev–Trinajstić information content (AvgIpc) is 3.11. The van der Waals surface area contributed by atoms with Gasteiger partial charge < -0.3 is 14.7 Å². The van der Waals surface area contributed by atoms with Crippen LogP contribution in [0.4, 0.5) is 5.69 Å². The number of hydrogen-bond acceptors (Lipinski definition) is 2. The lowest BCUT2D eigenvalue weighted by atomic mass is 10.1. The molecule has 5 heteroatoms. The first kappa shape index (κ1) is 13.6. The predicted molar refractivity (Wildman–Crippen MR) is 90.6 cm³/mol. The number of nitrogens with one attached hydrogen (secondary N) is 2. The molecule has 0 bridgehead atoms. The van der Waals surface area contributed by atoms with E-state index < -0.39 is 0 Å². The maximum atomic E-state index is 12.4. The minimum Gasteiger partial charge on any atom is -0.361 e. The van der Waals surface area contributed by atoms with Gasteiger partial charge in [-0.2, -0.15) is 0 Å². The molecule has 0 radical (unpaired) electrons. The van der Waals surface area contributed by atoms with Gasteiger partial charge in [0.1, 0.15) is 0 Å². The molecule has 4 aromatic rings. The van der Waals surface area contributed by atoms with Gasteiger partial charge in [0.25, 0.3) is 0 Å². The highest BCUT2D eigenvalue weighted by Crippen LogP contribution is 2.20. The molecule has 0 unspecified atom stereocenters. The fourth-order valence-electron chi connectivity index (χ4n) is 2.88. The Hall–Kier alpha value is -3.08. The van der Waals surface area contributed by atoms with Gasteiger partial charge in [-0.3, -0.25) is 4.79 Å². The van der Waals surface area contributed by atoms with Crippen LogP contribution >= 0.6 is 0 Å². The summed E-state index contributed by atoms with van der Waals surface area (Å²) in [6.07, 6.45) is 6.07. The van der Waals surface area contributed by atoms with Gasteiger partial charge in [-0.25, -0.2) is 4.98 Å². The second kappa shape index (κ2) is 5.28. The number of aromatic amines is 1. The van der Waals surface area contributed by atoms with Gasteiger partial charge in [-0.15, -0.1) is 0 Å². The number of amides is 1. The number of carbonyl (C=O) groups is 1. The number of nitrogens with zero attached hydrogens (tertiary/aromatic N) is 2. The Labute approximate surface area is 133 Å². The van der Waals surface area contributed by atoms with Crippen LogP contribution in [0.2, 0.25) is 0 Å². The predicted octanol–water partition coefficient (Wildman–Crippen LogP) is 3.31. The van der Waals surface area contributed by atoms with Crippen LogP contribution in [0.1, 0.15) is 11.3 Å². The summed E-state index contributed by atoms with van der Waals surface area (Å²) in [4.78, 5) is 20.1. The van der Waals surface area contributed by atoms with Crippen molar-refractivity contribution in [2.75, 3.05) is 5.32 Å². The molecule has 0 aliphatic carbocycles. The number of fused-ring (bicyclic) bond motifs is 2. The van der Waals surface area contributed by atoms with Crippen LogP contribution < -0.4 is 5.32 Å². The quantitative estimate of drug-likeness (QED) is 0.610. The normalized spacial score (nSPS) is 11.2. The molecule has 0 spiro atoms. The zero-order valence-electron chi connectivity index (χ0n) is 12.7. The molecule has 4 rings (SSSR count). The Bertz CT molecular complexity index is 1010. The van der Waals surface area contributed by atoms with Gasteiger partial charge in [0.2, 0.25) is 5.91 Å². The van der Waals surface area contributed by atoms with Crippen molar-refractivity contribution in [1.29, 1.82) is 0 Å². The maximum absolute atomic E-state index is 12.4. The molecule has 2 N–H and O–H groups in total. The number of para-hydroxylation sites is 1. The number of aryl methyl sites for hydroxylation is 1. The van der Waals surface area contributed by atoms with Gasteiger partial charge in [0, 0.05) is 29.5 Å². The summed E-state index contributed by atoms with van der Waals surface area (Å²) in [5.41, 5.74) is 4.44. The van der Waals surface area contributed by atoms with Crippen molar-refractivity contribution in [1.82, 2.24) is 14.4 Å². The van der Waals surface area contributed by atoms with Crippen LogP contribution in [-0.4, -0.2) is 20.3 Å². The SMILES string of the molecule is Cc1cn2cccc(NC(=O)Cc3c[nH]c4ccccc34)c2n1. The number of carbonyl (C=O) groups excluding carboxylic acids is 1. The average molecular weight is 304 g/mol. The van der Waals surface area contributed by atoms with E-state index in [0.717, 1.165) is 33.5 Å². The molecule has 1 amide bonds.